The van der Waals surface area contributed by atoms with Gasteiger partial charge in [0.15, 0.2) is 0 Å². The van der Waals surface area contributed by atoms with Crippen LogP contribution in [0.2, 0.25) is 0 Å². The number of hydrogen-bond acceptors (Lipinski definition) is 1. The van der Waals surface area contributed by atoms with E-state index in [0.29, 0.717) is 5.41 Å². The molecule has 0 aromatic carbocycles. The van der Waals surface area contributed by atoms with E-state index in [9.17, 15) is 0 Å². The molecule has 2 saturated carbocycles. The smallest absolute Gasteiger partial charge is 0.000511 e. The molecule has 1 heteroatoms. The minimum absolute atomic E-state index is 0.678. The van der Waals surface area contributed by atoms with Crippen LogP contribution in [-0.2, 0) is 0 Å². The van der Waals surface area contributed by atoms with E-state index in [1.807, 2.05) is 0 Å². The Balaban J connectivity index is 1.88. The van der Waals surface area contributed by atoms with Gasteiger partial charge in [-0.05, 0) is 55.9 Å². The van der Waals surface area contributed by atoms with E-state index in [0.717, 1.165) is 17.8 Å². The highest BCUT2D eigenvalue weighted by Gasteiger charge is 2.53. The van der Waals surface area contributed by atoms with Crippen LogP contribution < -0.4 is 5.32 Å². The van der Waals surface area contributed by atoms with Crippen molar-refractivity contribution in [3.8, 4) is 0 Å². The fourth-order valence-electron chi connectivity index (χ4n) is 4.10. The fourth-order valence-corrected chi connectivity index (χ4v) is 4.10. The summed E-state index contributed by atoms with van der Waals surface area (Å²) in [7, 11) is 2.12. The Morgan fingerprint density at radius 1 is 1.33 bits per heavy atom. The van der Waals surface area contributed by atoms with Gasteiger partial charge in [-0.25, -0.2) is 0 Å². The molecule has 0 bridgehead atoms. The van der Waals surface area contributed by atoms with Gasteiger partial charge < -0.3 is 5.32 Å². The number of nitrogens with one attached hydrogen (secondary N) is 1. The first-order valence-electron chi connectivity index (χ1n) is 6.84. The van der Waals surface area contributed by atoms with Gasteiger partial charge >= 0.3 is 0 Å². The molecule has 0 saturated heterocycles. The Bertz CT molecular complexity index is 201. The van der Waals surface area contributed by atoms with Gasteiger partial charge in [-0.2, -0.15) is 0 Å². The summed E-state index contributed by atoms with van der Waals surface area (Å²) in [4.78, 5) is 0. The zero-order chi connectivity index (χ0) is 10.9. The highest BCUT2D eigenvalue weighted by Crippen LogP contribution is 2.61. The summed E-state index contributed by atoms with van der Waals surface area (Å²) in [5, 5.41) is 3.44. The Hall–Kier alpha value is -0.0400. The van der Waals surface area contributed by atoms with Crippen LogP contribution in [0.15, 0.2) is 0 Å². The molecule has 0 aromatic heterocycles. The van der Waals surface area contributed by atoms with E-state index in [4.69, 9.17) is 0 Å². The maximum absolute atomic E-state index is 3.44. The highest BCUT2D eigenvalue weighted by molar-refractivity contribution is 5.04. The molecule has 0 amide bonds. The van der Waals surface area contributed by atoms with Crippen LogP contribution in [-0.4, -0.2) is 13.6 Å². The normalized spacial score (nSPS) is 40.2. The van der Waals surface area contributed by atoms with E-state index in [1.54, 1.807) is 6.42 Å². The van der Waals surface area contributed by atoms with E-state index in [-0.39, 0.29) is 0 Å². The van der Waals surface area contributed by atoms with Crippen LogP contribution in [0, 0.1) is 23.2 Å². The van der Waals surface area contributed by atoms with Gasteiger partial charge in [-0.1, -0.05) is 26.7 Å². The lowest BCUT2D eigenvalue weighted by atomic mass is 9.75. The number of hydrogen-bond donors (Lipinski definition) is 1. The van der Waals surface area contributed by atoms with Crippen molar-refractivity contribution in [3.05, 3.63) is 0 Å². The molecule has 1 N–H and O–H groups in total. The fraction of sp³-hybridized carbons (Fsp3) is 1.00. The second-order valence-corrected chi connectivity index (χ2v) is 6.29. The predicted octanol–water partition coefficient (Wildman–Crippen LogP) is 3.45. The Labute approximate surface area is 95.0 Å². The van der Waals surface area contributed by atoms with Crippen molar-refractivity contribution in [1.82, 2.24) is 5.32 Å². The van der Waals surface area contributed by atoms with E-state index < -0.39 is 0 Å². The first-order chi connectivity index (χ1) is 7.19. The van der Waals surface area contributed by atoms with E-state index >= 15 is 0 Å². The van der Waals surface area contributed by atoms with Gasteiger partial charge in [0.05, 0.1) is 0 Å². The molecular formula is C14H27N. The maximum Gasteiger partial charge on any atom is 0.000511 e. The van der Waals surface area contributed by atoms with E-state index in [1.165, 1.54) is 38.6 Å². The lowest BCUT2D eigenvalue weighted by Gasteiger charge is -2.33. The second-order valence-electron chi connectivity index (χ2n) is 6.29. The summed E-state index contributed by atoms with van der Waals surface area (Å²) < 4.78 is 0. The molecule has 2 aliphatic carbocycles. The van der Waals surface area contributed by atoms with Crippen molar-refractivity contribution in [1.29, 1.82) is 0 Å². The summed E-state index contributed by atoms with van der Waals surface area (Å²) >= 11 is 0. The number of rotatable bonds is 6. The third-order valence-electron chi connectivity index (χ3n) is 4.57. The quantitative estimate of drug-likeness (QED) is 0.706. The SMILES string of the molecule is CCCC(C)CC1(CNC)CC2CC2C1. The molecule has 3 atom stereocenters. The minimum Gasteiger partial charge on any atom is -0.319 e. The van der Waals surface area contributed by atoms with Crippen molar-refractivity contribution in [2.75, 3.05) is 13.6 Å². The van der Waals surface area contributed by atoms with Crippen molar-refractivity contribution < 1.29 is 0 Å². The largest absolute Gasteiger partial charge is 0.319 e. The lowest BCUT2D eigenvalue weighted by Crippen LogP contribution is -2.33. The summed E-state index contributed by atoms with van der Waals surface area (Å²) in [6.45, 7) is 6.02. The minimum atomic E-state index is 0.678. The van der Waals surface area contributed by atoms with Gasteiger partial charge in [-0.3, -0.25) is 0 Å². The maximum atomic E-state index is 3.44. The Morgan fingerprint density at radius 2 is 2.00 bits per heavy atom. The Morgan fingerprint density at radius 3 is 2.53 bits per heavy atom. The van der Waals surface area contributed by atoms with Crippen molar-refractivity contribution in [2.24, 2.45) is 23.2 Å². The van der Waals surface area contributed by atoms with Crippen LogP contribution in [0.5, 0.6) is 0 Å². The molecule has 3 unspecified atom stereocenters. The van der Waals surface area contributed by atoms with Gasteiger partial charge in [0.2, 0.25) is 0 Å². The molecule has 0 spiro atoms. The van der Waals surface area contributed by atoms with Crippen LogP contribution in [0.1, 0.15) is 52.4 Å². The molecule has 0 aliphatic heterocycles. The van der Waals surface area contributed by atoms with Crippen LogP contribution in [0.25, 0.3) is 0 Å². The molecule has 88 valence electrons. The average Bonchev–Trinajstić information content (AvgIpc) is 2.75. The molecule has 2 aliphatic rings. The molecule has 15 heavy (non-hydrogen) atoms. The van der Waals surface area contributed by atoms with E-state index in [2.05, 4.69) is 26.2 Å². The zero-order valence-corrected chi connectivity index (χ0v) is 10.7. The zero-order valence-electron chi connectivity index (χ0n) is 10.7. The average molecular weight is 209 g/mol. The summed E-state index contributed by atoms with van der Waals surface area (Å²) in [5.41, 5.74) is 0.678. The first kappa shape index (κ1) is 11.4. The van der Waals surface area contributed by atoms with Gasteiger partial charge in [-0.15, -0.1) is 0 Å². The topological polar surface area (TPSA) is 12.0 Å². The predicted molar refractivity (Wildman–Crippen MR) is 65.9 cm³/mol. The number of fused-ring (bicyclic) bond motifs is 1. The van der Waals surface area contributed by atoms with Gasteiger partial charge in [0.1, 0.15) is 0 Å². The van der Waals surface area contributed by atoms with Crippen LogP contribution in [0.4, 0.5) is 0 Å². The molecule has 0 aromatic rings. The molecule has 0 heterocycles. The lowest BCUT2D eigenvalue weighted by molar-refractivity contribution is 0.194. The molecular weight excluding hydrogens is 182 g/mol. The standard InChI is InChI=1S/C14H27N/c1-4-5-11(2)7-14(10-15-3)8-12-6-13(12)9-14/h11-13,15H,4-10H2,1-3H3. The van der Waals surface area contributed by atoms with Crippen molar-refractivity contribution in [3.63, 3.8) is 0 Å². The summed E-state index contributed by atoms with van der Waals surface area (Å²) in [6, 6.07) is 0. The van der Waals surface area contributed by atoms with Gasteiger partial charge in [0, 0.05) is 6.54 Å². The molecule has 2 rings (SSSR count). The Kier molecular flexibility index (Phi) is 3.39. The van der Waals surface area contributed by atoms with Crippen LogP contribution >= 0.6 is 0 Å². The monoisotopic (exact) mass is 209 g/mol. The molecule has 1 nitrogen and oxygen atoms in total. The summed E-state index contributed by atoms with van der Waals surface area (Å²) in [6.07, 6.45) is 8.83. The first-order valence-corrected chi connectivity index (χ1v) is 6.84. The third-order valence-corrected chi connectivity index (χ3v) is 4.57. The molecule has 0 radical (unpaired) electrons. The third kappa shape index (κ3) is 2.55. The highest BCUT2D eigenvalue weighted by atomic mass is 14.8. The van der Waals surface area contributed by atoms with Crippen LogP contribution in [0.3, 0.4) is 0 Å². The summed E-state index contributed by atoms with van der Waals surface area (Å²) in [5.74, 6) is 3.17. The molecule has 2 fully saturated rings. The van der Waals surface area contributed by atoms with Gasteiger partial charge in [0.25, 0.3) is 0 Å². The van der Waals surface area contributed by atoms with Crippen molar-refractivity contribution >= 4 is 0 Å². The van der Waals surface area contributed by atoms with Crippen molar-refractivity contribution in [2.45, 2.75) is 52.4 Å². The second kappa shape index (κ2) is 4.45.